The Morgan fingerprint density at radius 2 is 1.94 bits per heavy atom. The Balaban J connectivity index is 1.70. The molecule has 0 N–H and O–H groups in total. The molecule has 2 nitrogen and oxygen atoms in total. The zero-order valence-corrected chi connectivity index (χ0v) is 10.4. The Bertz CT molecular complexity index is 229. The molecule has 2 rings (SSSR count). The number of hydrogen-bond donors (Lipinski definition) is 0. The van der Waals surface area contributed by atoms with Crippen LogP contribution in [0, 0.1) is 11.8 Å². The second-order valence-electron chi connectivity index (χ2n) is 5.49. The summed E-state index contributed by atoms with van der Waals surface area (Å²) in [7, 11) is 0. The molecule has 2 heteroatoms. The number of ether oxygens (including phenoxy) is 1. The van der Waals surface area contributed by atoms with Crippen molar-refractivity contribution in [3.63, 3.8) is 0 Å². The van der Waals surface area contributed by atoms with Crippen molar-refractivity contribution in [1.82, 2.24) is 0 Å². The molecule has 1 aliphatic heterocycles. The van der Waals surface area contributed by atoms with Gasteiger partial charge >= 0.3 is 5.97 Å². The van der Waals surface area contributed by atoms with E-state index in [1.807, 2.05) is 0 Å². The first-order valence-corrected chi connectivity index (χ1v) is 6.99. The van der Waals surface area contributed by atoms with Crippen LogP contribution in [0.2, 0.25) is 0 Å². The van der Waals surface area contributed by atoms with Crippen LogP contribution in [0.25, 0.3) is 0 Å². The molecular weight excluding hydrogens is 200 g/mol. The zero-order valence-electron chi connectivity index (χ0n) is 10.4. The van der Waals surface area contributed by atoms with Gasteiger partial charge < -0.3 is 4.74 Å². The molecule has 0 bridgehead atoms. The van der Waals surface area contributed by atoms with Gasteiger partial charge in [0.25, 0.3) is 0 Å². The highest BCUT2D eigenvalue weighted by Gasteiger charge is 2.33. The predicted molar refractivity (Wildman–Crippen MR) is 64.1 cm³/mol. The van der Waals surface area contributed by atoms with Gasteiger partial charge in [-0.15, -0.1) is 0 Å². The van der Waals surface area contributed by atoms with Crippen LogP contribution in [0.1, 0.15) is 64.7 Å². The maximum atomic E-state index is 11.1. The maximum absolute atomic E-state index is 11.1. The molecule has 1 saturated carbocycles. The Morgan fingerprint density at radius 3 is 2.50 bits per heavy atom. The van der Waals surface area contributed by atoms with E-state index in [2.05, 4.69) is 6.92 Å². The van der Waals surface area contributed by atoms with E-state index in [4.69, 9.17) is 4.74 Å². The minimum atomic E-state index is 0.0260. The summed E-state index contributed by atoms with van der Waals surface area (Å²) >= 11 is 0. The Kier molecular flexibility index (Phi) is 4.25. The summed E-state index contributed by atoms with van der Waals surface area (Å²) in [5, 5.41) is 0. The number of rotatable bonds is 4. The molecule has 0 radical (unpaired) electrons. The third-order valence-electron chi connectivity index (χ3n) is 4.30. The molecule has 0 amide bonds. The van der Waals surface area contributed by atoms with Gasteiger partial charge in [-0.25, -0.2) is 0 Å². The van der Waals surface area contributed by atoms with Crippen molar-refractivity contribution in [2.45, 2.75) is 70.8 Å². The summed E-state index contributed by atoms with van der Waals surface area (Å²) in [6.45, 7) is 2.27. The second kappa shape index (κ2) is 5.70. The standard InChI is InChI=1S/C14H24O2/c1-2-3-4-11-5-7-12(8-6-11)13-9-10-14(15)16-13/h11-13H,2-10H2,1H3. The average molecular weight is 224 g/mol. The molecule has 1 unspecified atom stereocenters. The molecule has 1 heterocycles. The van der Waals surface area contributed by atoms with Crippen LogP contribution in [-0.2, 0) is 9.53 Å². The van der Waals surface area contributed by atoms with Gasteiger partial charge in [0.2, 0.25) is 0 Å². The highest BCUT2D eigenvalue weighted by atomic mass is 16.5. The molecule has 92 valence electrons. The summed E-state index contributed by atoms with van der Waals surface area (Å²) in [4.78, 5) is 11.1. The van der Waals surface area contributed by atoms with Gasteiger partial charge in [-0.1, -0.05) is 39.0 Å². The van der Waals surface area contributed by atoms with Crippen molar-refractivity contribution in [1.29, 1.82) is 0 Å². The minimum absolute atomic E-state index is 0.0260. The molecule has 0 aromatic heterocycles. The Labute approximate surface area is 98.7 Å². The van der Waals surface area contributed by atoms with E-state index < -0.39 is 0 Å². The van der Waals surface area contributed by atoms with Gasteiger partial charge in [0, 0.05) is 6.42 Å². The lowest BCUT2D eigenvalue weighted by Gasteiger charge is -2.31. The smallest absolute Gasteiger partial charge is 0.306 e. The first kappa shape index (κ1) is 11.9. The van der Waals surface area contributed by atoms with E-state index >= 15 is 0 Å². The maximum Gasteiger partial charge on any atom is 0.306 e. The van der Waals surface area contributed by atoms with Crippen molar-refractivity contribution in [3.8, 4) is 0 Å². The molecular formula is C14H24O2. The van der Waals surface area contributed by atoms with Crippen molar-refractivity contribution in [2.24, 2.45) is 11.8 Å². The predicted octanol–water partition coefficient (Wildman–Crippen LogP) is 3.69. The zero-order chi connectivity index (χ0) is 11.4. The Hall–Kier alpha value is -0.530. The number of unbranched alkanes of at least 4 members (excludes halogenated alkanes) is 1. The summed E-state index contributed by atoms with van der Waals surface area (Å²) in [6.07, 6.45) is 11.3. The largest absolute Gasteiger partial charge is 0.462 e. The van der Waals surface area contributed by atoms with Crippen LogP contribution in [0.15, 0.2) is 0 Å². The lowest BCUT2D eigenvalue weighted by Crippen LogP contribution is -2.25. The van der Waals surface area contributed by atoms with Crippen LogP contribution >= 0.6 is 0 Å². The van der Waals surface area contributed by atoms with Crippen LogP contribution in [0.4, 0.5) is 0 Å². The lowest BCUT2D eigenvalue weighted by atomic mass is 9.77. The molecule has 16 heavy (non-hydrogen) atoms. The van der Waals surface area contributed by atoms with Gasteiger partial charge in [-0.2, -0.15) is 0 Å². The van der Waals surface area contributed by atoms with Gasteiger partial charge in [-0.3, -0.25) is 4.79 Å². The summed E-state index contributed by atoms with van der Waals surface area (Å²) < 4.78 is 5.38. The first-order chi connectivity index (χ1) is 7.79. The summed E-state index contributed by atoms with van der Waals surface area (Å²) in [5.74, 6) is 1.65. The molecule has 2 aliphatic rings. The second-order valence-corrected chi connectivity index (χ2v) is 5.49. The molecule has 1 saturated heterocycles. The molecule has 0 aromatic carbocycles. The highest BCUT2D eigenvalue weighted by Crippen LogP contribution is 2.37. The van der Waals surface area contributed by atoms with Gasteiger partial charge in [0.1, 0.15) is 6.10 Å². The van der Waals surface area contributed by atoms with Gasteiger partial charge in [0.05, 0.1) is 0 Å². The molecule has 0 aromatic rings. The third kappa shape index (κ3) is 2.99. The van der Waals surface area contributed by atoms with Crippen molar-refractivity contribution in [2.75, 3.05) is 0 Å². The van der Waals surface area contributed by atoms with Crippen LogP contribution in [0.5, 0.6) is 0 Å². The minimum Gasteiger partial charge on any atom is -0.462 e. The monoisotopic (exact) mass is 224 g/mol. The van der Waals surface area contributed by atoms with Gasteiger partial charge in [0.15, 0.2) is 0 Å². The fourth-order valence-electron chi connectivity index (χ4n) is 3.22. The van der Waals surface area contributed by atoms with Crippen molar-refractivity contribution >= 4 is 5.97 Å². The normalized spacial score (nSPS) is 35.1. The number of esters is 1. The van der Waals surface area contributed by atoms with Crippen LogP contribution in [0.3, 0.4) is 0 Å². The SMILES string of the molecule is CCCCC1CCC(C2CCC(=O)O2)CC1. The van der Waals surface area contributed by atoms with E-state index in [-0.39, 0.29) is 12.1 Å². The topological polar surface area (TPSA) is 26.3 Å². The van der Waals surface area contributed by atoms with Crippen LogP contribution in [-0.4, -0.2) is 12.1 Å². The highest BCUT2D eigenvalue weighted by molar-refractivity contribution is 5.71. The quantitative estimate of drug-likeness (QED) is 0.681. The van der Waals surface area contributed by atoms with E-state index in [1.54, 1.807) is 0 Å². The summed E-state index contributed by atoms with van der Waals surface area (Å²) in [6, 6.07) is 0. The molecule has 1 atom stereocenters. The van der Waals surface area contributed by atoms with Crippen molar-refractivity contribution < 1.29 is 9.53 Å². The summed E-state index contributed by atoms with van der Waals surface area (Å²) in [5.41, 5.74) is 0. The molecule has 0 spiro atoms. The third-order valence-corrected chi connectivity index (χ3v) is 4.30. The fraction of sp³-hybridized carbons (Fsp3) is 0.929. The lowest BCUT2D eigenvalue weighted by molar-refractivity contribution is -0.143. The van der Waals surface area contributed by atoms with E-state index in [0.717, 1.165) is 12.3 Å². The molecule has 1 aliphatic carbocycles. The number of carbonyl (C=O) groups is 1. The average Bonchev–Trinajstić information content (AvgIpc) is 2.74. The van der Waals surface area contributed by atoms with E-state index in [0.29, 0.717) is 12.3 Å². The number of cyclic esters (lactones) is 1. The Morgan fingerprint density at radius 1 is 1.19 bits per heavy atom. The number of carbonyl (C=O) groups excluding carboxylic acids is 1. The van der Waals surface area contributed by atoms with Crippen LogP contribution < -0.4 is 0 Å². The molecule has 2 fully saturated rings. The van der Waals surface area contributed by atoms with Crippen molar-refractivity contribution in [3.05, 3.63) is 0 Å². The number of hydrogen-bond acceptors (Lipinski definition) is 2. The fourth-order valence-corrected chi connectivity index (χ4v) is 3.22. The van der Waals surface area contributed by atoms with Gasteiger partial charge in [-0.05, 0) is 31.1 Å². The first-order valence-electron chi connectivity index (χ1n) is 6.99. The van der Waals surface area contributed by atoms with E-state index in [1.165, 1.54) is 44.9 Å². The van der Waals surface area contributed by atoms with E-state index in [9.17, 15) is 4.79 Å².